The SMILES string of the molecule is Clc1cc(-c2ccc(-c3ccccc3)nc2)nc(-c2ccccc2)n1.O[B]Oc1cccc2c1-c1ccccc1C2(c1ccccc1)c1ccccc1.PP.[Y].c1ccc(-c2ccc(-c3cc(-c4cccc5c4-c4ccccc4C5(c4ccccc4)c4ccccc4)nc(-c4ccccc4)n3)cn2)cc1. The monoisotopic (exact) mass is 1480 g/mol. The maximum Gasteiger partial charge on any atom is 0.569 e. The molecular formula is C92H67BClN6O2P2Y. The largest absolute Gasteiger partial charge is 0.569 e. The van der Waals surface area contributed by atoms with Crippen LogP contribution in [0.5, 0.6) is 5.75 Å². The van der Waals surface area contributed by atoms with E-state index < -0.39 is 10.8 Å². The molecule has 8 nitrogen and oxygen atoms in total. The molecule has 0 amide bonds. The Kier molecular flexibility index (Phi) is 22.3. The van der Waals surface area contributed by atoms with Crippen molar-refractivity contribution in [1.82, 2.24) is 29.9 Å². The molecule has 16 aromatic rings. The molecule has 1 N–H and O–H groups in total. The molecular weight excluding hydrogens is 1420 g/mol. The van der Waals surface area contributed by atoms with Crippen LogP contribution in [-0.4, -0.2) is 42.6 Å². The van der Waals surface area contributed by atoms with Crippen molar-refractivity contribution < 1.29 is 42.4 Å². The minimum atomic E-state index is -0.486. The molecule has 4 heterocycles. The number of nitrogens with zero attached hydrogens (tertiary/aromatic N) is 6. The van der Waals surface area contributed by atoms with Gasteiger partial charge in [-0.2, -0.15) is 0 Å². The maximum absolute atomic E-state index is 9.32. The van der Waals surface area contributed by atoms with Crippen molar-refractivity contribution >= 4 is 37.1 Å². The Bertz CT molecular complexity index is 5520. The zero-order valence-corrected chi connectivity index (χ0v) is 62.9. The van der Waals surface area contributed by atoms with Crippen molar-refractivity contribution in [2.45, 2.75) is 10.8 Å². The second-order valence-corrected chi connectivity index (χ2v) is 25.3. The van der Waals surface area contributed by atoms with Crippen molar-refractivity contribution in [3.8, 4) is 107 Å². The van der Waals surface area contributed by atoms with E-state index in [-0.39, 0.29) is 32.7 Å². The standard InChI is InChI=1S/C46H31N3.C25H18BO2.C21H14ClN3.H4P2.Y/c1-5-16-32(17-6-1)41-29-28-34(31-47-41)42-30-43(49-45(48-42)33-18-7-2-8-19-33)38-25-15-27-40-44(38)37-24-13-14-26-39(37)46(40,35-20-9-3-10-21-35)36-22-11-4-12-23-36;27-26-28-23-17-9-16-22-24(23)20-14-7-8-15-21(20)25(22,18-10-3-1-4-11-18)19-12-5-2-6-13-19;22-20-13-19(24-21(25-20)16-9-5-2-6-10-16)17-11-12-18(23-14-17)15-7-3-1-4-8-15;1-2;/h1-31H;1-17,27H;1-14H;1-2H2;. The Morgan fingerprint density at radius 2 is 0.629 bits per heavy atom. The zero-order valence-electron chi connectivity index (χ0n) is 57.0. The normalized spacial score (nSPS) is 12.1. The summed E-state index contributed by atoms with van der Waals surface area (Å²) in [4.78, 5) is 28.8. The Morgan fingerprint density at radius 1 is 0.295 bits per heavy atom. The van der Waals surface area contributed by atoms with Crippen LogP contribution in [0, 0.1) is 0 Å². The van der Waals surface area contributed by atoms with Gasteiger partial charge >= 0.3 is 7.69 Å². The molecule has 2 aliphatic rings. The van der Waals surface area contributed by atoms with Crippen LogP contribution in [0.4, 0.5) is 0 Å². The number of hydrogen-bond acceptors (Lipinski definition) is 8. The summed E-state index contributed by atoms with van der Waals surface area (Å²) in [6.45, 7) is 0. The van der Waals surface area contributed by atoms with E-state index in [1.807, 2.05) is 152 Å². The third-order valence-electron chi connectivity index (χ3n) is 19.1. The smallest absolute Gasteiger partial charge is 0.537 e. The van der Waals surface area contributed by atoms with Crippen LogP contribution >= 0.6 is 29.5 Å². The molecule has 0 saturated heterocycles. The van der Waals surface area contributed by atoms with Crippen LogP contribution < -0.4 is 4.65 Å². The Morgan fingerprint density at radius 3 is 1.05 bits per heavy atom. The van der Waals surface area contributed by atoms with Crippen LogP contribution in [0.3, 0.4) is 0 Å². The number of rotatable bonds is 13. The minimum Gasteiger partial charge on any atom is -0.537 e. The van der Waals surface area contributed by atoms with Gasteiger partial charge < -0.3 is 9.68 Å². The van der Waals surface area contributed by atoms with Crippen LogP contribution in [0.15, 0.2) is 376 Å². The van der Waals surface area contributed by atoms with E-state index in [4.69, 9.17) is 31.2 Å². The molecule has 0 saturated carbocycles. The van der Waals surface area contributed by atoms with Crippen LogP contribution in [0.25, 0.3) is 101 Å². The maximum atomic E-state index is 9.32. The third-order valence-corrected chi connectivity index (χ3v) is 19.3. The van der Waals surface area contributed by atoms with Gasteiger partial charge in [0.1, 0.15) is 10.9 Å². The fourth-order valence-electron chi connectivity index (χ4n) is 14.7. The van der Waals surface area contributed by atoms with E-state index in [9.17, 15) is 5.02 Å². The van der Waals surface area contributed by atoms with Gasteiger partial charge in [-0.05, 0) is 97.6 Å². The molecule has 0 fully saturated rings. The number of aromatic nitrogens is 6. The van der Waals surface area contributed by atoms with Gasteiger partial charge in [0.05, 0.1) is 39.3 Å². The molecule has 2 radical (unpaired) electrons. The molecule has 105 heavy (non-hydrogen) atoms. The average Bonchev–Trinajstić information content (AvgIpc) is 1.55. The number of fused-ring (bicyclic) bond motifs is 6. The predicted molar refractivity (Wildman–Crippen MR) is 432 cm³/mol. The van der Waals surface area contributed by atoms with Crippen molar-refractivity contribution in [2.75, 3.05) is 0 Å². The van der Waals surface area contributed by atoms with E-state index in [1.54, 1.807) is 6.07 Å². The molecule has 500 valence electrons. The van der Waals surface area contributed by atoms with E-state index in [1.165, 1.54) is 50.1 Å². The number of pyridine rings is 2. The zero-order chi connectivity index (χ0) is 70.7. The summed E-state index contributed by atoms with van der Waals surface area (Å²) in [7, 11) is 5.42. The Balaban J connectivity index is 0.000000141. The van der Waals surface area contributed by atoms with E-state index >= 15 is 0 Å². The van der Waals surface area contributed by atoms with Crippen molar-refractivity contribution in [1.29, 1.82) is 0 Å². The molecule has 2 atom stereocenters. The molecule has 4 aromatic heterocycles. The number of benzene rings is 12. The summed E-state index contributed by atoms with van der Waals surface area (Å²) >= 11 is 6.21. The van der Waals surface area contributed by atoms with Gasteiger partial charge in [0, 0.05) is 95.7 Å². The minimum absolute atomic E-state index is 0. The molecule has 0 spiro atoms. The first-order valence-electron chi connectivity index (χ1n) is 34.2. The first-order valence-corrected chi connectivity index (χ1v) is 37.2. The molecule has 18 rings (SSSR count). The quantitative estimate of drug-likeness (QED) is 0.0691. The van der Waals surface area contributed by atoms with Gasteiger partial charge in [0.15, 0.2) is 11.6 Å². The summed E-state index contributed by atoms with van der Waals surface area (Å²) in [6.07, 6.45) is 3.74. The van der Waals surface area contributed by atoms with Crippen LogP contribution in [-0.2, 0) is 43.5 Å². The number of halogens is 1. The first kappa shape index (κ1) is 71.2. The topological polar surface area (TPSA) is 107 Å². The summed E-state index contributed by atoms with van der Waals surface area (Å²) < 4.78 is 5.50. The summed E-state index contributed by atoms with van der Waals surface area (Å²) in [5.41, 5.74) is 24.7. The second-order valence-electron chi connectivity index (χ2n) is 24.9. The van der Waals surface area contributed by atoms with Gasteiger partial charge in [-0.1, -0.05) is 333 Å². The predicted octanol–water partition coefficient (Wildman–Crippen LogP) is 22.0. The van der Waals surface area contributed by atoms with Gasteiger partial charge in [-0.25, -0.2) is 19.9 Å². The average molecular weight is 1490 g/mol. The summed E-state index contributed by atoms with van der Waals surface area (Å²) in [5.74, 6) is 1.94. The van der Waals surface area contributed by atoms with Gasteiger partial charge in [0.25, 0.3) is 0 Å². The fourth-order valence-corrected chi connectivity index (χ4v) is 14.9. The molecule has 12 aromatic carbocycles. The molecule has 13 heteroatoms. The van der Waals surface area contributed by atoms with Gasteiger partial charge in [-0.3, -0.25) is 9.97 Å². The molecule has 2 aliphatic carbocycles. The van der Waals surface area contributed by atoms with E-state index in [2.05, 4.69) is 251 Å². The van der Waals surface area contributed by atoms with E-state index in [0.29, 0.717) is 22.6 Å². The number of hydrogen-bond donors (Lipinski definition) is 1. The summed E-state index contributed by atoms with van der Waals surface area (Å²) in [6, 6.07) is 125. The fraction of sp³-hybridized carbons (Fsp3) is 0.0217. The molecule has 2 unspecified atom stereocenters. The van der Waals surface area contributed by atoms with Crippen LogP contribution in [0.1, 0.15) is 44.5 Å². The first-order chi connectivity index (χ1) is 51.5. The van der Waals surface area contributed by atoms with Gasteiger partial charge in [0.2, 0.25) is 0 Å². The van der Waals surface area contributed by atoms with Gasteiger partial charge in [-0.15, -0.1) is 17.9 Å². The van der Waals surface area contributed by atoms with Crippen molar-refractivity contribution in [3.63, 3.8) is 0 Å². The molecule has 0 bridgehead atoms. The second kappa shape index (κ2) is 32.9. The van der Waals surface area contributed by atoms with E-state index in [0.717, 1.165) is 91.8 Å². The molecule has 0 aliphatic heterocycles. The third kappa shape index (κ3) is 14.1. The van der Waals surface area contributed by atoms with Crippen molar-refractivity contribution in [2.24, 2.45) is 0 Å². The van der Waals surface area contributed by atoms with Crippen molar-refractivity contribution in [3.05, 3.63) is 426 Å². The van der Waals surface area contributed by atoms with Crippen LogP contribution in [0.2, 0.25) is 5.15 Å². The Hall–Kier alpha value is -10.8. The Labute approximate surface area is 648 Å². The summed E-state index contributed by atoms with van der Waals surface area (Å²) in [5, 5.41) is 9.73.